The zero-order chi connectivity index (χ0) is 19.3. The van der Waals surface area contributed by atoms with Gasteiger partial charge in [-0.2, -0.15) is 5.11 Å². The number of ketones is 1. The highest BCUT2D eigenvalue weighted by atomic mass is 32.2. The Kier molecular flexibility index (Phi) is 5.67. The molecule has 2 heterocycles. The molecule has 28 heavy (non-hydrogen) atoms. The lowest BCUT2D eigenvalue weighted by Crippen LogP contribution is -2.07. The maximum atomic E-state index is 12.6. The second kappa shape index (κ2) is 8.52. The van der Waals surface area contributed by atoms with Crippen molar-refractivity contribution in [3.05, 3.63) is 77.2 Å². The second-order valence-electron chi connectivity index (χ2n) is 6.85. The van der Waals surface area contributed by atoms with Crippen LogP contribution in [0.5, 0.6) is 0 Å². The van der Waals surface area contributed by atoms with E-state index in [4.69, 9.17) is 4.42 Å². The molecular weight excluding hydrogens is 370 g/mol. The van der Waals surface area contributed by atoms with Gasteiger partial charge in [-0.3, -0.25) is 4.79 Å². The van der Waals surface area contributed by atoms with Gasteiger partial charge in [0, 0.05) is 35.9 Å². The number of Topliss-reactive ketones (excluding diaryl/α,β-unsaturated/α-hetero) is 1. The topological polar surface area (TPSA) is 67.8 Å². The normalized spacial score (nSPS) is 15.8. The van der Waals surface area contributed by atoms with Crippen LogP contribution in [0, 0.1) is 6.92 Å². The van der Waals surface area contributed by atoms with Crippen LogP contribution >= 0.6 is 11.9 Å². The zero-order valence-electron chi connectivity index (χ0n) is 15.7. The summed E-state index contributed by atoms with van der Waals surface area (Å²) in [5, 5.41) is 4.42. The molecular formula is C22H21N3O2S. The molecule has 0 saturated carbocycles. The van der Waals surface area contributed by atoms with Crippen LogP contribution in [0.1, 0.15) is 33.8 Å². The number of nitrogens with zero attached hydrogens (tertiary/aromatic N) is 3. The van der Waals surface area contributed by atoms with Crippen molar-refractivity contribution in [2.24, 2.45) is 9.63 Å². The molecule has 0 N–H and O–H groups in total. The van der Waals surface area contributed by atoms with E-state index in [1.54, 1.807) is 0 Å². The summed E-state index contributed by atoms with van der Waals surface area (Å²) < 4.78 is 9.74. The van der Waals surface area contributed by atoms with Gasteiger partial charge in [0.2, 0.25) is 5.89 Å². The SMILES string of the molecule is Cc1oc(-c2ccccc2)nc1CCC(=O)c1ccc(CC2CN=NS2)cc1. The summed E-state index contributed by atoms with van der Waals surface area (Å²) >= 11 is 1.53. The predicted octanol–water partition coefficient (Wildman–Crippen LogP) is 5.49. The fraction of sp³-hybridized carbons (Fsp3) is 0.273. The van der Waals surface area contributed by atoms with Crippen molar-refractivity contribution < 1.29 is 9.21 Å². The lowest BCUT2D eigenvalue weighted by Gasteiger charge is -2.06. The molecule has 0 fully saturated rings. The molecule has 1 aliphatic heterocycles. The number of hydrogen-bond acceptors (Lipinski definition) is 6. The molecule has 0 aliphatic carbocycles. The van der Waals surface area contributed by atoms with Crippen molar-refractivity contribution in [3.63, 3.8) is 0 Å². The van der Waals surface area contributed by atoms with E-state index in [0.717, 1.165) is 35.5 Å². The van der Waals surface area contributed by atoms with E-state index in [-0.39, 0.29) is 5.78 Å². The Hall–Kier alpha value is -2.73. The largest absolute Gasteiger partial charge is 0.441 e. The van der Waals surface area contributed by atoms with Gasteiger partial charge < -0.3 is 4.42 Å². The third-order valence-corrected chi connectivity index (χ3v) is 5.60. The fourth-order valence-corrected chi connectivity index (χ4v) is 3.86. The highest BCUT2D eigenvalue weighted by molar-refractivity contribution is 7.98. The molecule has 3 aromatic rings. The van der Waals surface area contributed by atoms with E-state index in [0.29, 0.717) is 24.0 Å². The number of benzene rings is 2. The summed E-state index contributed by atoms with van der Waals surface area (Å²) in [6.45, 7) is 2.67. The summed E-state index contributed by atoms with van der Waals surface area (Å²) in [5.41, 5.74) is 3.73. The Morgan fingerprint density at radius 1 is 1.14 bits per heavy atom. The van der Waals surface area contributed by atoms with Crippen molar-refractivity contribution in [1.82, 2.24) is 4.98 Å². The average Bonchev–Trinajstić information content (AvgIpc) is 3.37. The fourth-order valence-electron chi connectivity index (χ4n) is 3.19. The van der Waals surface area contributed by atoms with E-state index in [9.17, 15) is 4.79 Å². The first-order chi connectivity index (χ1) is 13.7. The van der Waals surface area contributed by atoms with Gasteiger partial charge in [0.1, 0.15) is 5.76 Å². The van der Waals surface area contributed by atoms with Gasteiger partial charge in [0.05, 0.1) is 17.5 Å². The van der Waals surface area contributed by atoms with Crippen LogP contribution in [0.4, 0.5) is 0 Å². The van der Waals surface area contributed by atoms with Gasteiger partial charge >= 0.3 is 0 Å². The van der Waals surface area contributed by atoms with E-state index in [2.05, 4.69) is 14.6 Å². The zero-order valence-corrected chi connectivity index (χ0v) is 16.5. The number of aryl methyl sites for hydroxylation is 2. The summed E-state index contributed by atoms with van der Waals surface area (Å²) in [6, 6.07) is 17.7. The number of rotatable bonds is 7. The molecule has 2 aromatic carbocycles. The molecule has 0 radical (unpaired) electrons. The van der Waals surface area contributed by atoms with Crippen LogP contribution in [-0.2, 0) is 12.8 Å². The first-order valence-corrected chi connectivity index (χ1v) is 10.2. The number of hydrogen-bond donors (Lipinski definition) is 0. The molecule has 4 rings (SSSR count). The number of oxazole rings is 1. The molecule has 1 aliphatic rings. The third-order valence-electron chi connectivity index (χ3n) is 4.78. The van der Waals surface area contributed by atoms with Gasteiger partial charge in [-0.25, -0.2) is 4.98 Å². The third kappa shape index (κ3) is 4.39. The summed E-state index contributed by atoms with van der Waals surface area (Å²) in [5.74, 6) is 1.50. The Balaban J connectivity index is 1.36. The molecule has 0 bridgehead atoms. The van der Waals surface area contributed by atoms with Crippen molar-refractivity contribution in [2.75, 3.05) is 6.54 Å². The minimum Gasteiger partial charge on any atom is -0.441 e. The Morgan fingerprint density at radius 3 is 2.64 bits per heavy atom. The lowest BCUT2D eigenvalue weighted by atomic mass is 10.0. The molecule has 0 amide bonds. The molecule has 0 spiro atoms. The number of carbonyl (C=O) groups is 1. The molecule has 6 heteroatoms. The minimum atomic E-state index is 0.121. The van der Waals surface area contributed by atoms with Crippen LogP contribution < -0.4 is 0 Å². The van der Waals surface area contributed by atoms with Gasteiger partial charge in [-0.05, 0) is 31.0 Å². The van der Waals surface area contributed by atoms with E-state index < -0.39 is 0 Å². The minimum absolute atomic E-state index is 0.121. The highest BCUT2D eigenvalue weighted by Crippen LogP contribution is 2.25. The Morgan fingerprint density at radius 2 is 1.93 bits per heavy atom. The van der Waals surface area contributed by atoms with Crippen molar-refractivity contribution in [2.45, 2.75) is 31.4 Å². The van der Waals surface area contributed by atoms with Gasteiger partial charge in [-0.15, -0.1) is 4.52 Å². The maximum absolute atomic E-state index is 12.6. The van der Waals surface area contributed by atoms with E-state index >= 15 is 0 Å². The first-order valence-electron chi connectivity index (χ1n) is 9.35. The van der Waals surface area contributed by atoms with Gasteiger partial charge in [0.15, 0.2) is 5.78 Å². The summed E-state index contributed by atoms with van der Waals surface area (Å²) in [6.07, 6.45) is 1.91. The molecule has 1 aromatic heterocycles. The second-order valence-corrected chi connectivity index (χ2v) is 7.89. The first kappa shape index (κ1) is 18.6. The monoisotopic (exact) mass is 391 g/mol. The molecule has 1 unspecified atom stereocenters. The standard InChI is InChI=1S/C22H21N3O2S/c1-15-20(24-22(27-15)18-5-3-2-4-6-18)11-12-21(26)17-9-7-16(8-10-17)13-19-14-23-25-28-19/h2-10,19H,11-14H2,1H3. The van der Waals surface area contributed by atoms with E-state index in [1.165, 1.54) is 17.5 Å². The lowest BCUT2D eigenvalue weighted by molar-refractivity contribution is 0.0982. The highest BCUT2D eigenvalue weighted by Gasteiger charge is 2.16. The van der Waals surface area contributed by atoms with Crippen LogP contribution in [0.15, 0.2) is 68.6 Å². The van der Waals surface area contributed by atoms with Crippen LogP contribution in [0.25, 0.3) is 11.5 Å². The van der Waals surface area contributed by atoms with Crippen LogP contribution in [0.2, 0.25) is 0 Å². The van der Waals surface area contributed by atoms with E-state index in [1.807, 2.05) is 61.5 Å². The Labute approximate surface area is 168 Å². The predicted molar refractivity (Wildman–Crippen MR) is 111 cm³/mol. The van der Waals surface area contributed by atoms with Gasteiger partial charge in [0.25, 0.3) is 0 Å². The van der Waals surface area contributed by atoms with Gasteiger partial charge in [-0.1, -0.05) is 42.5 Å². The summed E-state index contributed by atoms with van der Waals surface area (Å²) in [4.78, 5) is 17.1. The summed E-state index contributed by atoms with van der Waals surface area (Å²) in [7, 11) is 0. The van der Waals surface area contributed by atoms with Crippen molar-refractivity contribution >= 4 is 17.7 Å². The maximum Gasteiger partial charge on any atom is 0.226 e. The number of carbonyl (C=O) groups excluding carboxylic acids is 1. The Bertz CT molecular complexity index is 973. The van der Waals surface area contributed by atoms with Crippen LogP contribution in [0.3, 0.4) is 0 Å². The number of aromatic nitrogens is 1. The molecule has 0 saturated heterocycles. The average molecular weight is 391 g/mol. The quantitative estimate of drug-likeness (QED) is 0.394. The molecule has 5 nitrogen and oxygen atoms in total. The van der Waals surface area contributed by atoms with Crippen molar-refractivity contribution in [1.29, 1.82) is 0 Å². The molecule has 142 valence electrons. The molecule has 1 atom stereocenters. The van der Waals surface area contributed by atoms with Crippen LogP contribution in [-0.4, -0.2) is 22.6 Å². The van der Waals surface area contributed by atoms with Crippen molar-refractivity contribution in [3.8, 4) is 11.5 Å². The smallest absolute Gasteiger partial charge is 0.226 e.